The molecule has 1 unspecified atom stereocenters. The molecule has 0 radical (unpaired) electrons. The molecule has 2 amide bonds. The second-order valence-electron chi connectivity index (χ2n) is 11.4. The van der Waals surface area contributed by atoms with Gasteiger partial charge < -0.3 is 28.4 Å². The van der Waals surface area contributed by atoms with Gasteiger partial charge in [-0.05, 0) is 31.9 Å². The third-order valence-electron chi connectivity index (χ3n) is 8.33. The lowest BCUT2D eigenvalue weighted by Crippen LogP contribution is -2.72. The van der Waals surface area contributed by atoms with E-state index in [1.54, 1.807) is 17.9 Å². The number of aromatic nitrogens is 1. The van der Waals surface area contributed by atoms with Gasteiger partial charge >= 0.3 is 0 Å². The molecule has 0 aliphatic carbocycles. The third-order valence-corrected chi connectivity index (χ3v) is 8.33. The van der Waals surface area contributed by atoms with Gasteiger partial charge in [-0.25, -0.2) is 4.39 Å². The molecule has 1 aromatic carbocycles. The van der Waals surface area contributed by atoms with Crippen LogP contribution in [0.5, 0.6) is 0 Å². The number of nitrogens with one attached hydrogen (secondary N) is 1. The number of carbonyl (C=O) groups excluding carboxylic acids is 4. The minimum absolute atomic E-state index is 0.0869. The zero-order valence-corrected chi connectivity index (χ0v) is 23.7. The van der Waals surface area contributed by atoms with Crippen molar-refractivity contribution in [1.82, 2.24) is 10.5 Å². The minimum atomic E-state index is -1.69. The van der Waals surface area contributed by atoms with Crippen molar-refractivity contribution in [1.29, 1.82) is 0 Å². The maximum atomic E-state index is 16.3. The Morgan fingerprint density at radius 3 is 2.44 bits per heavy atom. The Kier molecular flexibility index (Phi) is 7.74. The maximum Gasteiger partial charge on any atom is 0.242 e. The average Bonchev–Trinajstić information content (AvgIpc) is 3.31. The van der Waals surface area contributed by atoms with Crippen LogP contribution in [0.25, 0.3) is 11.0 Å². The first-order valence-electron chi connectivity index (χ1n) is 13.4. The fourth-order valence-corrected chi connectivity index (χ4v) is 6.97. The summed E-state index contributed by atoms with van der Waals surface area (Å²) in [7, 11) is 4.51. The Morgan fingerprint density at radius 2 is 1.83 bits per heavy atom. The molecule has 4 heterocycles. The summed E-state index contributed by atoms with van der Waals surface area (Å²) in [5.74, 6) is -3.16. The summed E-state index contributed by atoms with van der Waals surface area (Å²) in [5, 5.41) is 6.38. The van der Waals surface area contributed by atoms with Crippen molar-refractivity contribution in [2.75, 3.05) is 52.6 Å². The lowest BCUT2D eigenvalue weighted by atomic mass is 9.63. The van der Waals surface area contributed by atoms with Gasteiger partial charge in [0.1, 0.15) is 5.41 Å². The number of imide groups is 1. The van der Waals surface area contributed by atoms with Crippen molar-refractivity contribution in [3.05, 3.63) is 23.1 Å². The number of anilines is 1. The average molecular weight is 576 g/mol. The van der Waals surface area contributed by atoms with Crippen LogP contribution in [0.3, 0.4) is 0 Å². The van der Waals surface area contributed by atoms with Crippen LogP contribution in [0.15, 0.2) is 10.6 Å². The fourth-order valence-electron chi connectivity index (χ4n) is 6.97. The fraction of sp³-hybridized carbons (Fsp3) is 0.607. The first-order valence-corrected chi connectivity index (χ1v) is 13.4. The zero-order valence-electron chi connectivity index (χ0n) is 23.7. The summed E-state index contributed by atoms with van der Waals surface area (Å²) in [6.07, 6.45) is -1.72. The van der Waals surface area contributed by atoms with Crippen LogP contribution < -0.4 is 10.2 Å². The highest BCUT2D eigenvalue weighted by Crippen LogP contribution is 2.50. The van der Waals surface area contributed by atoms with E-state index >= 15 is 4.39 Å². The van der Waals surface area contributed by atoms with Crippen LogP contribution in [0.2, 0.25) is 0 Å². The van der Waals surface area contributed by atoms with Crippen LogP contribution in [0, 0.1) is 16.6 Å². The molecule has 13 heteroatoms. The number of methoxy groups -OCH3 is 3. The maximum absolute atomic E-state index is 16.3. The van der Waals surface area contributed by atoms with E-state index in [0.717, 1.165) is 0 Å². The van der Waals surface area contributed by atoms with E-state index in [9.17, 15) is 19.2 Å². The van der Waals surface area contributed by atoms with E-state index in [2.05, 4.69) is 10.5 Å². The molecule has 2 saturated heterocycles. The number of nitrogens with zero attached hydrogens (tertiary/aromatic N) is 2. The van der Waals surface area contributed by atoms with E-state index in [1.807, 2.05) is 6.92 Å². The smallest absolute Gasteiger partial charge is 0.242 e. The van der Waals surface area contributed by atoms with E-state index in [-0.39, 0.29) is 67.7 Å². The number of amides is 2. The molecule has 41 heavy (non-hydrogen) atoms. The molecule has 1 spiro atoms. The van der Waals surface area contributed by atoms with Gasteiger partial charge in [0.2, 0.25) is 17.4 Å². The second-order valence-corrected chi connectivity index (χ2v) is 11.4. The Balaban J connectivity index is 1.64. The number of benzene rings is 1. The van der Waals surface area contributed by atoms with Crippen molar-refractivity contribution >= 4 is 40.0 Å². The topological polar surface area (TPSA) is 146 Å². The van der Waals surface area contributed by atoms with Gasteiger partial charge in [0.25, 0.3) is 0 Å². The lowest BCUT2D eigenvalue weighted by Gasteiger charge is -2.55. The van der Waals surface area contributed by atoms with Crippen molar-refractivity contribution in [3.8, 4) is 0 Å². The monoisotopic (exact) mass is 575 g/mol. The largest absolute Gasteiger partial charge is 0.384 e. The van der Waals surface area contributed by atoms with Crippen molar-refractivity contribution in [2.45, 2.75) is 51.4 Å². The number of hydrogen-bond acceptors (Lipinski definition) is 11. The summed E-state index contributed by atoms with van der Waals surface area (Å²) >= 11 is 0. The second kappa shape index (κ2) is 10.9. The number of rotatable bonds is 9. The highest BCUT2D eigenvalue weighted by atomic mass is 19.1. The predicted octanol–water partition coefficient (Wildman–Crippen LogP) is 1.61. The van der Waals surface area contributed by atoms with Crippen molar-refractivity contribution in [3.63, 3.8) is 0 Å². The van der Waals surface area contributed by atoms with E-state index in [1.165, 1.54) is 21.3 Å². The molecule has 5 rings (SSSR count). The van der Waals surface area contributed by atoms with Gasteiger partial charge in [-0.2, -0.15) is 0 Å². The summed E-state index contributed by atoms with van der Waals surface area (Å²) in [5.41, 5.74) is -2.33. The zero-order chi connectivity index (χ0) is 29.7. The molecule has 12 nitrogen and oxygen atoms in total. The van der Waals surface area contributed by atoms with Crippen LogP contribution >= 0.6 is 0 Å². The van der Waals surface area contributed by atoms with Crippen LogP contribution in [0.4, 0.5) is 10.1 Å². The van der Waals surface area contributed by atoms with Crippen molar-refractivity contribution < 1.29 is 47.0 Å². The van der Waals surface area contributed by atoms with Gasteiger partial charge in [-0.1, -0.05) is 5.16 Å². The van der Waals surface area contributed by atoms with Gasteiger partial charge in [-0.3, -0.25) is 24.5 Å². The van der Waals surface area contributed by atoms with E-state index in [4.69, 9.17) is 23.5 Å². The molecule has 2 aromatic rings. The summed E-state index contributed by atoms with van der Waals surface area (Å²) < 4.78 is 43.8. The van der Waals surface area contributed by atoms with Crippen LogP contribution in [-0.2, 0) is 39.8 Å². The third kappa shape index (κ3) is 4.64. The van der Waals surface area contributed by atoms with E-state index in [0.29, 0.717) is 5.56 Å². The Labute approximate surface area is 235 Å². The number of hydrogen-bond donors (Lipinski definition) is 1. The first kappa shape index (κ1) is 29.2. The summed E-state index contributed by atoms with van der Waals surface area (Å²) in [6.45, 7) is 4.21. The molecule has 0 saturated carbocycles. The van der Waals surface area contributed by atoms with Crippen LogP contribution in [0.1, 0.15) is 42.7 Å². The molecule has 3 aliphatic heterocycles. The summed E-state index contributed by atoms with van der Waals surface area (Å²) in [6, 6.07) is 0.697. The van der Waals surface area contributed by atoms with E-state index < -0.39 is 58.6 Å². The number of ether oxygens (including phenoxy) is 4. The SMILES string of the molecule is COCC(COC)(COC)CC(=O)c1noc2c(F)c3c(cc12)CC1(C(=O)CC(=O)NC1=O)[C@H]1[C@H](C)O[C@H](C)CN31. The highest BCUT2D eigenvalue weighted by Gasteiger charge is 2.62. The number of fused-ring (bicyclic) bond motifs is 5. The standard InChI is InChI=1S/C28H34FN3O9/c1-14-10-32-23-16(8-28(25(32)15(2)40-14)19(34)7-20(35)30-26(28)36)6-17-22(31-41-24(17)21(23)29)18(33)9-27(11-37-3,12-38-4)13-39-5/h6,14-15,25H,7-13H2,1-5H3,(H,30,35,36)/t14-,15+,25-,28?/m1/s1. The Morgan fingerprint density at radius 1 is 1.17 bits per heavy atom. The van der Waals surface area contributed by atoms with Gasteiger partial charge in [-0.15, -0.1) is 0 Å². The number of piperidine rings is 1. The number of halogens is 1. The molecule has 222 valence electrons. The minimum Gasteiger partial charge on any atom is -0.384 e. The number of morpholine rings is 1. The Bertz CT molecular complexity index is 1370. The molecule has 4 atom stereocenters. The van der Waals surface area contributed by atoms with Crippen molar-refractivity contribution in [2.24, 2.45) is 10.8 Å². The molecular weight excluding hydrogens is 541 g/mol. The van der Waals surface area contributed by atoms with Gasteiger partial charge in [0, 0.05) is 39.7 Å². The quantitative estimate of drug-likeness (QED) is 0.264. The molecule has 3 aliphatic rings. The number of ketones is 2. The Hall–Kier alpha value is -3.26. The summed E-state index contributed by atoms with van der Waals surface area (Å²) in [4.78, 5) is 54.3. The molecule has 1 aromatic heterocycles. The molecular formula is C28H34FN3O9. The predicted molar refractivity (Wildman–Crippen MR) is 141 cm³/mol. The lowest BCUT2D eigenvalue weighted by molar-refractivity contribution is -0.158. The number of carbonyl (C=O) groups is 4. The molecule has 2 fully saturated rings. The van der Waals surface area contributed by atoms with Gasteiger partial charge in [0.15, 0.2) is 23.1 Å². The van der Waals surface area contributed by atoms with Gasteiger partial charge in [0.05, 0.1) is 55.6 Å². The molecule has 0 bridgehead atoms. The number of Topliss-reactive ketones (excluding diaryl/α,β-unsaturated/α-hetero) is 2. The highest BCUT2D eigenvalue weighted by molar-refractivity contribution is 6.22. The first-order chi connectivity index (χ1) is 19.5. The molecule has 1 N–H and O–H groups in total. The van der Waals surface area contributed by atoms with Crippen LogP contribution in [-0.4, -0.2) is 94.5 Å². The normalized spacial score (nSPS) is 26.3.